The summed E-state index contributed by atoms with van der Waals surface area (Å²) in [4.78, 5) is 12.3. The van der Waals surface area contributed by atoms with E-state index in [-0.39, 0.29) is 12.6 Å². The Balaban J connectivity index is 1.45. The highest BCUT2D eigenvalue weighted by Crippen LogP contribution is 2.34. The van der Waals surface area contributed by atoms with E-state index >= 15 is 0 Å². The molecule has 3 aromatic rings. The van der Waals surface area contributed by atoms with Crippen molar-refractivity contribution in [2.24, 2.45) is 5.10 Å². The topological polar surface area (TPSA) is 79.1 Å². The van der Waals surface area contributed by atoms with Gasteiger partial charge in [-0.2, -0.15) is 23.4 Å². The molecule has 0 amide bonds. The Hall–Kier alpha value is -3.53. The zero-order valence-electron chi connectivity index (χ0n) is 21.0. The number of benzene rings is 2. The average Bonchev–Trinajstić information content (AvgIpc) is 3.46. The molecule has 4 rings (SSSR count). The number of nitrogens with zero attached hydrogens (tertiary/aromatic N) is 3. The second kappa shape index (κ2) is 10.5. The van der Waals surface area contributed by atoms with Crippen molar-refractivity contribution in [1.29, 1.82) is 0 Å². The molecule has 1 aliphatic rings. The van der Waals surface area contributed by atoms with Crippen molar-refractivity contribution in [3.63, 3.8) is 0 Å². The number of fused-ring (bicyclic) bond motifs is 1. The van der Waals surface area contributed by atoms with Crippen LogP contribution < -0.4 is 15.3 Å². The van der Waals surface area contributed by atoms with Gasteiger partial charge in [-0.25, -0.2) is 10.2 Å². The van der Waals surface area contributed by atoms with Gasteiger partial charge in [0, 0.05) is 17.1 Å². The molecule has 0 fully saturated rings. The maximum Gasteiger partial charge on any atom is 0.416 e. The number of alkyl halides is 3. The lowest BCUT2D eigenvalue weighted by atomic mass is 9.89. The van der Waals surface area contributed by atoms with Crippen LogP contribution in [0.4, 0.5) is 18.9 Å². The summed E-state index contributed by atoms with van der Waals surface area (Å²) in [5, 5.41) is 16.8. The van der Waals surface area contributed by atoms with E-state index in [1.54, 1.807) is 0 Å². The SMILES string of the molecule is CCCCC(CC)(C(=O)O)n1ccc2cc(OCC3NN(c4ccc(C(F)(F)F)cc4)N=C3C)ccc21. The van der Waals surface area contributed by atoms with Crippen molar-refractivity contribution in [3.05, 3.63) is 60.3 Å². The van der Waals surface area contributed by atoms with E-state index in [1.807, 2.05) is 55.8 Å². The van der Waals surface area contributed by atoms with Crippen molar-refractivity contribution >= 4 is 28.3 Å². The summed E-state index contributed by atoms with van der Waals surface area (Å²) in [7, 11) is 0. The molecule has 198 valence electrons. The first-order chi connectivity index (χ1) is 17.6. The number of hydrogen-bond donors (Lipinski definition) is 2. The number of hydrazone groups is 1. The number of carbonyl (C=O) groups is 1. The number of carboxylic acids is 1. The maximum absolute atomic E-state index is 12.8. The van der Waals surface area contributed by atoms with Gasteiger partial charge in [-0.05, 0) is 68.3 Å². The molecular formula is C27H31F3N4O3. The van der Waals surface area contributed by atoms with Gasteiger partial charge in [-0.3, -0.25) is 0 Å². The monoisotopic (exact) mass is 516 g/mol. The van der Waals surface area contributed by atoms with Gasteiger partial charge in [0.05, 0.1) is 17.0 Å². The molecule has 7 nitrogen and oxygen atoms in total. The number of rotatable bonds is 10. The first kappa shape index (κ1) is 26.5. The summed E-state index contributed by atoms with van der Waals surface area (Å²) in [6.45, 7) is 6.03. The molecule has 2 heterocycles. The summed E-state index contributed by atoms with van der Waals surface area (Å²) in [5.41, 5.74) is 3.48. The van der Waals surface area contributed by atoms with Crippen LogP contribution >= 0.6 is 0 Å². The second-order valence-corrected chi connectivity index (χ2v) is 9.29. The normalized spacial score (nSPS) is 17.6. The van der Waals surface area contributed by atoms with Crippen LogP contribution in [0.5, 0.6) is 5.75 Å². The standard InChI is InChI=1S/C27H31F3N4O3/c1-4-6-14-26(5-2,25(35)36)33-15-13-19-16-22(11-12-24(19)33)37-17-23-18(3)31-34(32-23)21-9-7-20(8-10-21)27(28,29)30/h7-13,15-16,23,32H,4-6,14,17H2,1-3H3,(H,35,36). The van der Waals surface area contributed by atoms with E-state index in [1.165, 1.54) is 17.3 Å². The van der Waals surface area contributed by atoms with Crippen LogP contribution in [0, 0.1) is 0 Å². The quantitative estimate of drug-likeness (QED) is 0.336. The number of hydrazine groups is 1. The Kier molecular flexibility index (Phi) is 7.49. The van der Waals surface area contributed by atoms with Crippen LogP contribution in [-0.2, 0) is 16.5 Å². The van der Waals surface area contributed by atoms with Gasteiger partial charge >= 0.3 is 12.1 Å². The number of aromatic nitrogens is 1. The third-order valence-corrected chi connectivity index (χ3v) is 6.95. The van der Waals surface area contributed by atoms with Crippen molar-refractivity contribution < 1.29 is 27.8 Å². The third-order valence-electron chi connectivity index (χ3n) is 6.95. The molecule has 10 heteroatoms. The van der Waals surface area contributed by atoms with Crippen molar-refractivity contribution in [2.45, 2.75) is 64.2 Å². The van der Waals surface area contributed by atoms with E-state index < -0.39 is 23.2 Å². The van der Waals surface area contributed by atoms with Crippen LogP contribution in [0.15, 0.2) is 59.8 Å². The van der Waals surface area contributed by atoms with Gasteiger partial charge in [0.2, 0.25) is 0 Å². The number of nitrogens with one attached hydrogen (secondary N) is 1. The molecule has 0 saturated carbocycles. The number of anilines is 1. The van der Waals surface area contributed by atoms with E-state index in [4.69, 9.17) is 4.74 Å². The summed E-state index contributed by atoms with van der Waals surface area (Å²) >= 11 is 0. The van der Waals surface area contributed by atoms with Crippen LogP contribution in [0.1, 0.15) is 52.0 Å². The Morgan fingerprint density at radius 2 is 1.86 bits per heavy atom. The highest BCUT2D eigenvalue weighted by molar-refractivity contribution is 5.90. The fourth-order valence-electron chi connectivity index (χ4n) is 4.64. The van der Waals surface area contributed by atoms with Gasteiger partial charge in [-0.1, -0.05) is 26.7 Å². The predicted molar refractivity (Wildman–Crippen MR) is 137 cm³/mol. The zero-order chi connectivity index (χ0) is 26.8. The smallest absolute Gasteiger partial charge is 0.416 e. The molecule has 2 N–H and O–H groups in total. The highest BCUT2D eigenvalue weighted by Gasteiger charge is 2.38. The second-order valence-electron chi connectivity index (χ2n) is 9.29. The molecule has 2 aromatic carbocycles. The third kappa shape index (κ3) is 5.29. The maximum atomic E-state index is 12.8. The average molecular weight is 517 g/mol. The summed E-state index contributed by atoms with van der Waals surface area (Å²) < 4.78 is 46.4. The number of carboxylic acid groups (broad SMARTS) is 1. The Morgan fingerprint density at radius 1 is 1.14 bits per heavy atom. The van der Waals surface area contributed by atoms with Gasteiger partial charge in [-0.15, -0.1) is 0 Å². The summed E-state index contributed by atoms with van der Waals surface area (Å²) in [6.07, 6.45) is 0.208. The molecule has 1 aromatic heterocycles. The minimum Gasteiger partial charge on any atom is -0.491 e. The molecular weight excluding hydrogens is 485 g/mol. The minimum absolute atomic E-state index is 0.253. The minimum atomic E-state index is -4.39. The van der Waals surface area contributed by atoms with Crippen LogP contribution in [0.25, 0.3) is 10.9 Å². The van der Waals surface area contributed by atoms with Crippen molar-refractivity contribution in [2.75, 3.05) is 11.7 Å². The molecule has 37 heavy (non-hydrogen) atoms. The van der Waals surface area contributed by atoms with E-state index in [0.29, 0.717) is 24.3 Å². The molecule has 1 aliphatic heterocycles. The number of unbranched alkanes of at least 4 members (excludes halogenated alkanes) is 1. The molecule has 2 unspecified atom stereocenters. The molecule has 0 saturated heterocycles. The van der Waals surface area contributed by atoms with Gasteiger partial charge < -0.3 is 14.4 Å². The molecule has 0 aliphatic carbocycles. The van der Waals surface area contributed by atoms with Crippen LogP contribution in [0.3, 0.4) is 0 Å². The van der Waals surface area contributed by atoms with E-state index in [0.717, 1.165) is 41.6 Å². The lowest BCUT2D eigenvalue weighted by Gasteiger charge is -2.31. The Bertz CT molecular complexity index is 1290. The van der Waals surface area contributed by atoms with E-state index in [9.17, 15) is 23.1 Å². The number of aliphatic carboxylic acids is 1. The predicted octanol–water partition coefficient (Wildman–Crippen LogP) is 6.19. The molecule has 2 atom stereocenters. The van der Waals surface area contributed by atoms with Crippen LogP contribution in [0.2, 0.25) is 0 Å². The van der Waals surface area contributed by atoms with Crippen LogP contribution in [-0.4, -0.2) is 34.0 Å². The highest BCUT2D eigenvalue weighted by atomic mass is 19.4. The van der Waals surface area contributed by atoms with Crippen molar-refractivity contribution in [3.8, 4) is 5.75 Å². The van der Waals surface area contributed by atoms with Gasteiger partial charge in [0.25, 0.3) is 0 Å². The van der Waals surface area contributed by atoms with Crippen molar-refractivity contribution in [1.82, 2.24) is 9.99 Å². The lowest BCUT2D eigenvalue weighted by molar-refractivity contribution is -0.148. The lowest BCUT2D eigenvalue weighted by Crippen LogP contribution is -2.41. The Morgan fingerprint density at radius 3 is 2.49 bits per heavy atom. The Labute approximate surface area is 213 Å². The molecule has 0 radical (unpaired) electrons. The van der Waals surface area contributed by atoms with E-state index in [2.05, 4.69) is 10.5 Å². The number of halogens is 3. The zero-order valence-corrected chi connectivity index (χ0v) is 21.0. The molecule has 0 bridgehead atoms. The number of hydrogen-bond acceptors (Lipinski definition) is 5. The summed E-state index contributed by atoms with van der Waals surface area (Å²) in [6, 6.07) is 12.0. The first-order valence-electron chi connectivity index (χ1n) is 12.4. The fourth-order valence-corrected chi connectivity index (χ4v) is 4.64. The molecule has 0 spiro atoms. The van der Waals surface area contributed by atoms with Gasteiger partial charge in [0.15, 0.2) is 0 Å². The first-order valence-corrected chi connectivity index (χ1v) is 12.4. The summed E-state index contributed by atoms with van der Waals surface area (Å²) in [5.74, 6) is -0.209. The number of ether oxygens (including phenoxy) is 1. The largest absolute Gasteiger partial charge is 0.491 e. The fraction of sp³-hybridized carbons (Fsp3) is 0.407. The van der Waals surface area contributed by atoms with Gasteiger partial charge in [0.1, 0.15) is 23.9 Å².